The van der Waals surface area contributed by atoms with Crippen LogP contribution in [0.25, 0.3) is 0 Å². The highest BCUT2D eigenvalue weighted by atomic mass is 16.2. The number of nitrogens with zero attached hydrogens (tertiary/aromatic N) is 2. The van der Waals surface area contributed by atoms with Crippen LogP contribution in [0.1, 0.15) is 50.5 Å². The lowest BCUT2D eigenvalue weighted by molar-refractivity contribution is -0.137. The quantitative estimate of drug-likeness (QED) is 0.831. The molecular weight excluding hydrogens is 236 g/mol. The number of hydrogen-bond donors (Lipinski definition) is 0. The molecule has 2 aliphatic carbocycles. The van der Waals surface area contributed by atoms with Crippen LogP contribution >= 0.6 is 0 Å². The third kappa shape index (κ3) is 3.14. The third-order valence-electron chi connectivity index (χ3n) is 4.30. The van der Waals surface area contributed by atoms with Crippen molar-refractivity contribution in [3.63, 3.8) is 0 Å². The summed E-state index contributed by atoms with van der Waals surface area (Å²) in [6.07, 6.45) is 12.0. The Morgan fingerprint density at radius 3 is 2.63 bits per heavy atom. The molecule has 2 fully saturated rings. The van der Waals surface area contributed by atoms with Crippen molar-refractivity contribution in [3.8, 4) is 0 Å². The third-order valence-corrected chi connectivity index (χ3v) is 4.30. The van der Waals surface area contributed by atoms with Crippen molar-refractivity contribution in [2.75, 3.05) is 0 Å². The Balaban J connectivity index is 1.68. The molecule has 0 spiro atoms. The van der Waals surface area contributed by atoms with E-state index in [-0.39, 0.29) is 5.92 Å². The highest BCUT2D eigenvalue weighted by Crippen LogP contribution is 2.33. The number of pyridine rings is 1. The molecule has 1 aromatic heterocycles. The van der Waals surface area contributed by atoms with Crippen molar-refractivity contribution in [2.24, 2.45) is 5.92 Å². The zero-order valence-corrected chi connectivity index (χ0v) is 11.4. The summed E-state index contributed by atoms with van der Waals surface area (Å²) in [6, 6.07) is 4.51. The number of aromatic nitrogens is 1. The summed E-state index contributed by atoms with van der Waals surface area (Å²) < 4.78 is 0. The van der Waals surface area contributed by atoms with Gasteiger partial charge in [0, 0.05) is 30.9 Å². The molecule has 0 bridgehead atoms. The average Bonchev–Trinajstić information content (AvgIpc) is 3.31. The van der Waals surface area contributed by atoms with Gasteiger partial charge in [0.2, 0.25) is 5.91 Å². The van der Waals surface area contributed by atoms with Gasteiger partial charge in [-0.25, -0.2) is 0 Å². The van der Waals surface area contributed by atoms with E-state index in [0.29, 0.717) is 11.9 Å². The molecule has 2 saturated carbocycles. The summed E-state index contributed by atoms with van der Waals surface area (Å²) in [4.78, 5) is 19.0. The predicted molar refractivity (Wildman–Crippen MR) is 74.4 cm³/mol. The van der Waals surface area contributed by atoms with E-state index in [0.717, 1.165) is 24.9 Å². The Bertz CT molecular complexity index is 422. The second kappa shape index (κ2) is 5.72. The van der Waals surface area contributed by atoms with Crippen molar-refractivity contribution in [1.82, 2.24) is 9.88 Å². The van der Waals surface area contributed by atoms with Crippen LogP contribution in [0.4, 0.5) is 0 Å². The lowest BCUT2D eigenvalue weighted by Gasteiger charge is -2.29. The van der Waals surface area contributed by atoms with E-state index in [2.05, 4.69) is 16.0 Å². The first-order chi connectivity index (χ1) is 9.34. The topological polar surface area (TPSA) is 33.2 Å². The highest BCUT2D eigenvalue weighted by Gasteiger charge is 2.36. The zero-order valence-electron chi connectivity index (χ0n) is 11.4. The molecule has 3 heteroatoms. The van der Waals surface area contributed by atoms with E-state index in [9.17, 15) is 4.79 Å². The molecule has 0 atom stereocenters. The maximum atomic E-state index is 12.7. The minimum atomic E-state index is 0.283. The molecule has 0 saturated heterocycles. The van der Waals surface area contributed by atoms with Gasteiger partial charge in [0.15, 0.2) is 0 Å². The van der Waals surface area contributed by atoms with Gasteiger partial charge >= 0.3 is 0 Å². The Labute approximate surface area is 115 Å². The van der Waals surface area contributed by atoms with Gasteiger partial charge in [-0.15, -0.1) is 0 Å². The van der Waals surface area contributed by atoms with Crippen molar-refractivity contribution in [3.05, 3.63) is 30.1 Å². The first-order valence-electron chi connectivity index (χ1n) is 7.54. The van der Waals surface area contributed by atoms with Gasteiger partial charge in [-0.3, -0.25) is 9.78 Å². The van der Waals surface area contributed by atoms with Crippen LogP contribution in [0.3, 0.4) is 0 Å². The largest absolute Gasteiger partial charge is 0.335 e. The first kappa shape index (κ1) is 12.6. The van der Waals surface area contributed by atoms with Gasteiger partial charge in [0.25, 0.3) is 0 Å². The second-order valence-electron chi connectivity index (χ2n) is 5.89. The predicted octanol–water partition coefficient (Wildman–Crippen LogP) is 3.15. The Morgan fingerprint density at radius 1 is 1.21 bits per heavy atom. The monoisotopic (exact) mass is 258 g/mol. The Morgan fingerprint density at radius 2 is 2.00 bits per heavy atom. The Kier molecular flexibility index (Phi) is 3.81. The summed E-state index contributed by atoms with van der Waals surface area (Å²) in [5.74, 6) is 0.678. The average molecular weight is 258 g/mol. The van der Waals surface area contributed by atoms with Crippen LogP contribution in [0, 0.1) is 5.92 Å². The van der Waals surface area contributed by atoms with Crippen LogP contribution in [0.15, 0.2) is 24.5 Å². The molecule has 0 N–H and O–H groups in total. The molecule has 3 nitrogen and oxygen atoms in total. The lowest BCUT2D eigenvalue weighted by Crippen LogP contribution is -2.38. The van der Waals surface area contributed by atoms with Crippen LogP contribution in [0.2, 0.25) is 0 Å². The summed E-state index contributed by atoms with van der Waals surface area (Å²) in [5, 5.41) is 0. The first-order valence-corrected chi connectivity index (χ1v) is 7.54. The number of carbonyl (C=O) groups excluding carboxylic acids is 1. The maximum Gasteiger partial charge on any atom is 0.226 e. The molecule has 19 heavy (non-hydrogen) atoms. The molecule has 2 aliphatic rings. The number of rotatable bonds is 4. The molecule has 1 heterocycles. The summed E-state index contributed by atoms with van der Waals surface area (Å²) in [5.41, 5.74) is 1.15. The normalized spacial score (nSPS) is 20.2. The van der Waals surface area contributed by atoms with Gasteiger partial charge in [-0.05, 0) is 37.3 Å². The molecule has 0 aliphatic heterocycles. The number of amides is 1. The summed E-state index contributed by atoms with van der Waals surface area (Å²) in [7, 11) is 0. The van der Waals surface area contributed by atoms with Crippen LogP contribution in [-0.2, 0) is 11.3 Å². The van der Waals surface area contributed by atoms with Crippen LogP contribution in [0.5, 0.6) is 0 Å². The van der Waals surface area contributed by atoms with Crippen LogP contribution < -0.4 is 0 Å². The van der Waals surface area contributed by atoms with E-state index < -0.39 is 0 Å². The molecule has 3 rings (SSSR count). The molecular formula is C16H22N2O. The lowest BCUT2D eigenvalue weighted by atomic mass is 9.88. The fourth-order valence-electron chi connectivity index (χ4n) is 3.05. The van der Waals surface area contributed by atoms with Crippen molar-refractivity contribution in [1.29, 1.82) is 0 Å². The van der Waals surface area contributed by atoms with Gasteiger partial charge in [-0.1, -0.05) is 25.3 Å². The minimum Gasteiger partial charge on any atom is -0.335 e. The van der Waals surface area contributed by atoms with Gasteiger partial charge in [0.1, 0.15) is 0 Å². The molecule has 1 amide bonds. The highest BCUT2D eigenvalue weighted by molar-refractivity contribution is 5.79. The molecule has 102 valence electrons. The smallest absolute Gasteiger partial charge is 0.226 e. The van der Waals surface area contributed by atoms with E-state index in [1.807, 2.05) is 12.3 Å². The zero-order chi connectivity index (χ0) is 13.1. The fourth-order valence-corrected chi connectivity index (χ4v) is 3.05. The van der Waals surface area contributed by atoms with Crippen molar-refractivity contribution in [2.45, 2.75) is 57.5 Å². The Hall–Kier alpha value is -1.38. The number of hydrogen-bond acceptors (Lipinski definition) is 2. The fraction of sp³-hybridized carbons (Fsp3) is 0.625. The maximum absolute atomic E-state index is 12.7. The van der Waals surface area contributed by atoms with Gasteiger partial charge in [-0.2, -0.15) is 0 Å². The molecule has 0 aromatic carbocycles. The minimum absolute atomic E-state index is 0.283. The van der Waals surface area contributed by atoms with E-state index >= 15 is 0 Å². The standard InChI is InChI=1S/C16H22N2O/c19-16(14-6-2-1-3-7-14)18(15-8-9-15)12-13-5-4-10-17-11-13/h4-5,10-11,14-15H,1-3,6-9,12H2. The summed E-state index contributed by atoms with van der Waals surface area (Å²) >= 11 is 0. The summed E-state index contributed by atoms with van der Waals surface area (Å²) in [6.45, 7) is 0.744. The van der Waals surface area contributed by atoms with Gasteiger partial charge < -0.3 is 4.90 Å². The molecule has 0 radical (unpaired) electrons. The van der Waals surface area contributed by atoms with Gasteiger partial charge in [0.05, 0.1) is 0 Å². The van der Waals surface area contributed by atoms with Crippen LogP contribution in [-0.4, -0.2) is 21.8 Å². The number of carbonyl (C=O) groups is 1. The van der Waals surface area contributed by atoms with E-state index in [1.165, 1.54) is 32.1 Å². The molecule has 1 aromatic rings. The van der Waals surface area contributed by atoms with Crippen molar-refractivity contribution >= 4 is 5.91 Å². The SMILES string of the molecule is O=C(C1CCCCC1)N(Cc1cccnc1)C1CC1. The van der Waals surface area contributed by atoms with E-state index in [1.54, 1.807) is 6.20 Å². The second-order valence-corrected chi connectivity index (χ2v) is 5.89. The van der Waals surface area contributed by atoms with E-state index in [4.69, 9.17) is 0 Å². The van der Waals surface area contributed by atoms with Crippen molar-refractivity contribution < 1.29 is 4.79 Å². The molecule has 0 unspecified atom stereocenters.